The Balaban J connectivity index is 2.22. The van der Waals surface area contributed by atoms with Crippen molar-refractivity contribution < 1.29 is 23.2 Å². The summed E-state index contributed by atoms with van der Waals surface area (Å²) in [6.45, 7) is 4.60. The molecule has 156 valence electrons. The minimum Gasteiger partial charge on any atom is -0.338 e. The second-order valence-electron chi connectivity index (χ2n) is 7.07. The number of nitrogens with zero attached hydrogens (tertiary/aromatic N) is 2. The average molecular weight is 421 g/mol. The quantitative estimate of drug-likeness (QED) is 0.373. The Morgan fingerprint density at radius 3 is 2.10 bits per heavy atom. The number of aromatic nitrogens is 2. The molecular weight excluding hydrogens is 398 g/mol. The minimum atomic E-state index is -3.68. The number of aryl methyl sites for hydroxylation is 1. The van der Waals surface area contributed by atoms with Crippen LogP contribution in [0.25, 0.3) is 11.1 Å². The van der Waals surface area contributed by atoms with E-state index in [9.17, 15) is 18.0 Å². The molecule has 1 aromatic carbocycles. The van der Waals surface area contributed by atoms with Crippen molar-refractivity contribution >= 4 is 21.8 Å². The molecule has 2 aromatic rings. The van der Waals surface area contributed by atoms with Crippen molar-refractivity contribution in [3.05, 3.63) is 48.0 Å². The maximum Gasteiger partial charge on any atom is 0.267 e. The molecule has 2 amide bonds. The van der Waals surface area contributed by atoms with Crippen molar-refractivity contribution in [2.45, 2.75) is 32.4 Å². The fourth-order valence-electron chi connectivity index (χ4n) is 2.75. The summed E-state index contributed by atoms with van der Waals surface area (Å²) in [6.07, 6.45) is 4.26. The van der Waals surface area contributed by atoms with E-state index in [0.717, 1.165) is 17.4 Å². The zero-order valence-electron chi connectivity index (χ0n) is 16.4. The number of benzene rings is 1. The highest BCUT2D eigenvalue weighted by Crippen LogP contribution is 2.19. The van der Waals surface area contributed by atoms with E-state index in [1.54, 1.807) is 43.6 Å². The second-order valence-corrected chi connectivity index (χ2v) is 8.82. The van der Waals surface area contributed by atoms with Gasteiger partial charge in [-0.2, -0.15) is 0 Å². The van der Waals surface area contributed by atoms with Crippen LogP contribution < -0.4 is 15.5 Å². The molecule has 0 bridgehead atoms. The standard InChI is InChI=1S/C18H23N5O5S/c1-11-19-9-14(10-20-11)12-5-7-13(8-6-12)16(24)21-15(17(25)22-26)18(2,3)23-29(4,27)28/h5-10,15,23,26H,1-4H3,(H,21,24)(H,22,25)/t15-/m1/s1. The van der Waals surface area contributed by atoms with Crippen LogP contribution in [0.15, 0.2) is 36.7 Å². The maximum absolute atomic E-state index is 12.6. The number of hydrogen-bond donors (Lipinski definition) is 4. The lowest BCUT2D eigenvalue weighted by Gasteiger charge is -2.33. The van der Waals surface area contributed by atoms with Crippen LogP contribution in [0.4, 0.5) is 0 Å². The van der Waals surface area contributed by atoms with Crippen LogP contribution in [-0.2, 0) is 14.8 Å². The van der Waals surface area contributed by atoms with Crippen LogP contribution in [0.1, 0.15) is 30.0 Å². The Bertz CT molecular complexity index is 988. The van der Waals surface area contributed by atoms with Crippen LogP contribution in [0.5, 0.6) is 0 Å². The molecule has 1 aromatic heterocycles. The second kappa shape index (κ2) is 8.64. The van der Waals surface area contributed by atoms with E-state index in [0.29, 0.717) is 5.82 Å². The summed E-state index contributed by atoms with van der Waals surface area (Å²) in [5.74, 6) is -0.940. The lowest BCUT2D eigenvalue weighted by molar-refractivity contribution is -0.132. The van der Waals surface area contributed by atoms with Crippen LogP contribution in [0.2, 0.25) is 0 Å². The third-order valence-electron chi connectivity index (χ3n) is 4.08. The third kappa shape index (κ3) is 6.04. The van der Waals surface area contributed by atoms with E-state index in [2.05, 4.69) is 20.0 Å². The van der Waals surface area contributed by atoms with Gasteiger partial charge in [-0.1, -0.05) is 12.1 Å². The van der Waals surface area contributed by atoms with Gasteiger partial charge in [0.2, 0.25) is 10.0 Å². The van der Waals surface area contributed by atoms with Gasteiger partial charge in [-0.3, -0.25) is 14.8 Å². The highest BCUT2D eigenvalue weighted by Gasteiger charge is 2.38. The lowest BCUT2D eigenvalue weighted by atomic mass is 9.94. The van der Waals surface area contributed by atoms with Gasteiger partial charge in [-0.25, -0.2) is 28.6 Å². The number of sulfonamides is 1. The number of amides is 2. The Morgan fingerprint density at radius 1 is 1.07 bits per heavy atom. The summed E-state index contributed by atoms with van der Waals surface area (Å²) in [5.41, 5.74) is 1.86. The van der Waals surface area contributed by atoms with E-state index < -0.39 is 33.4 Å². The first-order valence-corrected chi connectivity index (χ1v) is 10.4. The molecule has 10 nitrogen and oxygen atoms in total. The predicted octanol–water partition coefficient (Wildman–Crippen LogP) is 0.384. The smallest absolute Gasteiger partial charge is 0.267 e. The van der Waals surface area contributed by atoms with Crippen molar-refractivity contribution in [1.82, 2.24) is 25.5 Å². The number of rotatable bonds is 7. The largest absolute Gasteiger partial charge is 0.338 e. The van der Waals surface area contributed by atoms with Gasteiger partial charge < -0.3 is 5.32 Å². The fourth-order valence-corrected chi connectivity index (χ4v) is 3.82. The molecule has 11 heteroatoms. The molecule has 0 fully saturated rings. The van der Waals surface area contributed by atoms with Crippen molar-refractivity contribution in [3.8, 4) is 11.1 Å². The molecule has 1 atom stereocenters. The summed E-state index contributed by atoms with van der Waals surface area (Å²) in [6, 6.07) is 5.12. The van der Waals surface area contributed by atoms with Gasteiger partial charge in [-0.05, 0) is 38.5 Å². The van der Waals surface area contributed by atoms with Gasteiger partial charge in [0.05, 0.1) is 11.8 Å². The molecular formula is C18H23N5O5S. The summed E-state index contributed by atoms with van der Waals surface area (Å²) in [7, 11) is -3.68. The normalized spacial score (nSPS) is 12.9. The number of nitrogens with one attached hydrogen (secondary N) is 3. The molecule has 0 saturated carbocycles. The first kappa shape index (κ1) is 22.4. The van der Waals surface area contributed by atoms with Gasteiger partial charge in [0.15, 0.2) is 0 Å². The molecule has 0 unspecified atom stereocenters. The van der Waals surface area contributed by atoms with E-state index in [4.69, 9.17) is 5.21 Å². The predicted molar refractivity (Wildman–Crippen MR) is 105 cm³/mol. The number of hydroxylamine groups is 1. The molecule has 0 aliphatic heterocycles. The van der Waals surface area contributed by atoms with Gasteiger partial charge in [0, 0.05) is 23.5 Å². The molecule has 0 radical (unpaired) electrons. The molecule has 29 heavy (non-hydrogen) atoms. The SMILES string of the molecule is Cc1ncc(-c2ccc(C(=O)N[C@H](C(=O)NO)C(C)(C)NS(C)(=O)=O)cc2)cn1. The molecule has 0 spiro atoms. The van der Waals surface area contributed by atoms with Crippen LogP contribution in [0.3, 0.4) is 0 Å². The van der Waals surface area contributed by atoms with E-state index in [-0.39, 0.29) is 5.56 Å². The molecule has 0 aliphatic carbocycles. The summed E-state index contributed by atoms with van der Waals surface area (Å²) in [4.78, 5) is 32.9. The monoisotopic (exact) mass is 421 g/mol. The molecule has 1 heterocycles. The Hall–Kier alpha value is -2.89. The molecule has 4 N–H and O–H groups in total. The fraction of sp³-hybridized carbons (Fsp3) is 0.333. The molecule has 0 aliphatic rings. The van der Waals surface area contributed by atoms with Crippen molar-refractivity contribution in [2.75, 3.05) is 6.26 Å². The lowest BCUT2D eigenvalue weighted by Crippen LogP contribution is -2.64. The topological polar surface area (TPSA) is 150 Å². The van der Waals surface area contributed by atoms with Crippen LogP contribution >= 0.6 is 0 Å². The van der Waals surface area contributed by atoms with Gasteiger partial charge >= 0.3 is 0 Å². The molecule has 0 saturated heterocycles. The van der Waals surface area contributed by atoms with Crippen LogP contribution in [-0.4, -0.2) is 53.2 Å². The Labute approximate surface area is 168 Å². The zero-order chi connectivity index (χ0) is 21.8. The van der Waals surface area contributed by atoms with E-state index >= 15 is 0 Å². The third-order valence-corrected chi connectivity index (χ3v) is 4.98. The first-order chi connectivity index (χ1) is 13.4. The van der Waals surface area contributed by atoms with Gasteiger partial charge in [-0.15, -0.1) is 0 Å². The Morgan fingerprint density at radius 2 is 1.62 bits per heavy atom. The van der Waals surface area contributed by atoms with Crippen LogP contribution in [0, 0.1) is 6.92 Å². The van der Waals surface area contributed by atoms with Crippen molar-refractivity contribution in [3.63, 3.8) is 0 Å². The summed E-state index contributed by atoms with van der Waals surface area (Å²) in [5, 5.41) is 11.4. The van der Waals surface area contributed by atoms with Crippen molar-refractivity contribution in [2.24, 2.45) is 0 Å². The summed E-state index contributed by atoms with van der Waals surface area (Å²) < 4.78 is 25.4. The van der Waals surface area contributed by atoms with Crippen molar-refractivity contribution in [1.29, 1.82) is 0 Å². The number of hydrogen-bond acceptors (Lipinski definition) is 7. The number of carbonyl (C=O) groups is 2. The van der Waals surface area contributed by atoms with Gasteiger partial charge in [0.25, 0.3) is 11.8 Å². The average Bonchev–Trinajstić information content (AvgIpc) is 2.64. The zero-order valence-corrected chi connectivity index (χ0v) is 17.2. The van der Waals surface area contributed by atoms with E-state index in [1.165, 1.54) is 19.3 Å². The minimum absolute atomic E-state index is 0.243. The highest BCUT2D eigenvalue weighted by molar-refractivity contribution is 7.88. The maximum atomic E-state index is 12.6. The molecule has 2 rings (SSSR count). The Kier molecular flexibility index (Phi) is 6.67. The summed E-state index contributed by atoms with van der Waals surface area (Å²) >= 11 is 0. The highest BCUT2D eigenvalue weighted by atomic mass is 32.2. The number of carbonyl (C=O) groups excluding carboxylic acids is 2. The van der Waals surface area contributed by atoms with Gasteiger partial charge in [0.1, 0.15) is 11.9 Å². The van der Waals surface area contributed by atoms with E-state index in [1.807, 2.05) is 0 Å². The first-order valence-electron chi connectivity index (χ1n) is 8.56.